The minimum Gasteiger partial charge on any atom is -0.392 e. The van der Waals surface area contributed by atoms with Gasteiger partial charge in [-0.2, -0.15) is 0 Å². The Morgan fingerprint density at radius 2 is 1.59 bits per heavy atom. The molecule has 0 unspecified atom stereocenters. The van der Waals surface area contributed by atoms with Gasteiger partial charge in [-0.25, -0.2) is 0 Å². The molecule has 116 valence electrons. The highest BCUT2D eigenvalue weighted by Gasteiger charge is 2.20. The van der Waals surface area contributed by atoms with Gasteiger partial charge in [-0.15, -0.1) is 0 Å². The summed E-state index contributed by atoms with van der Waals surface area (Å²) >= 11 is 0. The fourth-order valence-electron chi connectivity index (χ4n) is 2.96. The van der Waals surface area contributed by atoms with Crippen molar-refractivity contribution < 1.29 is 9.84 Å². The van der Waals surface area contributed by atoms with Crippen molar-refractivity contribution in [3.05, 3.63) is 71.8 Å². The lowest BCUT2D eigenvalue weighted by molar-refractivity contribution is 0.0615. The van der Waals surface area contributed by atoms with Crippen molar-refractivity contribution in [2.45, 2.75) is 18.6 Å². The molecule has 1 N–H and O–H groups in total. The van der Waals surface area contributed by atoms with Gasteiger partial charge in [0, 0.05) is 19.6 Å². The van der Waals surface area contributed by atoms with E-state index in [2.05, 4.69) is 29.2 Å². The Hall–Kier alpha value is -1.68. The molecule has 0 spiro atoms. The van der Waals surface area contributed by atoms with Gasteiger partial charge in [0.15, 0.2) is 0 Å². The Morgan fingerprint density at radius 3 is 2.09 bits per heavy atom. The average Bonchev–Trinajstić information content (AvgIpc) is 2.99. The van der Waals surface area contributed by atoms with Crippen molar-refractivity contribution in [1.29, 1.82) is 0 Å². The molecule has 0 bridgehead atoms. The molecule has 2 aromatic carbocycles. The molecule has 1 fully saturated rings. The SMILES string of the molecule is O[C@@H]1CCN(CCOC(c2ccccc2)c2ccccc2)C1. The van der Waals surface area contributed by atoms with Crippen molar-refractivity contribution in [3.63, 3.8) is 0 Å². The number of aliphatic hydroxyl groups is 1. The highest BCUT2D eigenvalue weighted by molar-refractivity contribution is 5.29. The molecule has 0 radical (unpaired) electrons. The lowest BCUT2D eigenvalue weighted by atomic mass is 10.0. The molecule has 22 heavy (non-hydrogen) atoms. The molecule has 3 nitrogen and oxygen atoms in total. The molecular weight excluding hydrogens is 274 g/mol. The van der Waals surface area contributed by atoms with Crippen LogP contribution in [0.15, 0.2) is 60.7 Å². The van der Waals surface area contributed by atoms with Gasteiger partial charge < -0.3 is 9.84 Å². The third-order valence-electron chi connectivity index (χ3n) is 4.14. The predicted octanol–water partition coefficient (Wildman–Crippen LogP) is 2.86. The summed E-state index contributed by atoms with van der Waals surface area (Å²) in [5.41, 5.74) is 2.35. The van der Waals surface area contributed by atoms with E-state index in [1.807, 2.05) is 36.4 Å². The molecule has 0 saturated carbocycles. The van der Waals surface area contributed by atoms with Crippen LogP contribution in [0.3, 0.4) is 0 Å². The van der Waals surface area contributed by atoms with Crippen molar-refractivity contribution >= 4 is 0 Å². The minimum absolute atomic E-state index is 0.0325. The summed E-state index contributed by atoms with van der Waals surface area (Å²) in [7, 11) is 0. The maximum absolute atomic E-state index is 9.58. The van der Waals surface area contributed by atoms with Crippen LogP contribution in [0.2, 0.25) is 0 Å². The number of benzene rings is 2. The number of ether oxygens (including phenoxy) is 1. The van der Waals surface area contributed by atoms with Crippen LogP contribution in [0, 0.1) is 0 Å². The first-order chi connectivity index (χ1) is 10.8. The first kappa shape index (κ1) is 15.2. The van der Waals surface area contributed by atoms with Gasteiger partial charge >= 0.3 is 0 Å². The van der Waals surface area contributed by atoms with Gasteiger partial charge in [0.25, 0.3) is 0 Å². The fraction of sp³-hybridized carbons (Fsp3) is 0.368. The maximum atomic E-state index is 9.58. The number of hydrogen-bond acceptors (Lipinski definition) is 3. The summed E-state index contributed by atoms with van der Waals surface area (Å²) in [6, 6.07) is 20.7. The number of nitrogens with zero attached hydrogens (tertiary/aromatic N) is 1. The van der Waals surface area contributed by atoms with Crippen LogP contribution in [-0.4, -0.2) is 42.4 Å². The van der Waals surface area contributed by atoms with E-state index in [0.29, 0.717) is 6.61 Å². The second kappa shape index (κ2) is 7.54. The van der Waals surface area contributed by atoms with Gasteiger partial charge in [-0.1, -0.05) is 60.7 Å². The lowest BCUT2D eigenvalue weighted by Gasteiger charge is -2.21. The summed E-state index contributed by atoms with van der Waals surface area (Å²) < 4.78 is 6.19. The zero-order valence-corrected chi connectivity index (χ0v) is 12.8. The Kier molecular flexibility index (Phi) is 5.22. The molecular formula is C19H23NO2. The number of hydrogen-bond donors (Lipinski definition) is 1. The zero-order valence-electron chi connectivity index (χ0n) is 12.8. The van der Waals surface area contributed by atoms with Crippen molar-refractivity contribution in [1.82, 2.24) is 4.90 Å². The molecule has 1 saturated heterocycles. The first-order valence-corrected chi connectivity index (χ1v) is 7.95. The van der Waals surface area contributed by atoms with Crippen molar-refractivity contribution in [3.8, 4) is 0 Å². The summed E-state index contributed by atoms with van der Waals surface area (Å²) in [6.07, 6.45) is 0.676. The van der Waals surface area contributed by atoms with Gasteiger partial charge in [-0.3, -0.25) is 4.90 Å². The lowest BCUT2D eigenvalue weighted by Crippen LogP contribution is -2.27. The smallest absolute Gasteiger partial charge is 0.108 e. The van der Waals surface area contributed by atoms with Gasteiger partial charge in [0.1, 0.15) is 6.10 Å². The summed E-state index contributed by atoms with van der Waals surface area (Å²) in [6.45, 7) is 3.27. The van der Waals surface area contributed by atoms with E-state index in [9.17, 15) is 5.11 Å². The highest BCUT2D eigenvalue weighted by Crippen LogP contribution is 2.25. The van der Waals surface area contributed by atoms with E-state index in [4.69, 9.17) is 4.74 Å². The van der Waals surface area contributed by atoms with Gasteiger partial charge in [-0.05, 0) is 17.5 Å². The second-order valence-corrected chi connectivity index (χ2v) is 5.82. The van der Waals surface area contributed by atoms with E-state index in [1.54, 1.807) is 0 Å². The van der Waals surface area contributed by atoms with Crippen LogP contribution in [0.4, 0.5) is 0 Å². The number of rotatable bonds is 6. The monoisotopic (exact) mass is 297 g/mol. The number of aliphatic hydroxyl groups excluding tert-OH is 1. The molecule has 1 heterocycles. The summed E-state index contributed by atoms with van der Waals surface area (Å²) in [5.74, 6) is 0. The van der Waals surface area contributed by atoms with E-state index in [1.165, 1.54) is 11.1 Å². The van der Waals surface area contributed by atoms with Crippen LogP contribution >= 0.6 is 0 Å². The number of likely N-dealkylation sites (tertiary alicyclic amines) is 1. The second-order valence-electron chi connectivity index (χ2n) is 5.82. The molecule has 1 atom stereocenters. The van der Waals surface area contributed by atoms with Crippen molar-refractivity contribution in [2.24, 2.45) is 0 Å². The fourth-order valence-corrected chi connectivity index (χ4v) is 2.96. The van der Waals surface area contributed by atoms with Crippen LogP contribution in [-0.2, 0) is 4.74 Å². The Balaban J connectivity index is 1.64. The minimum atomic E-state index is -0.168. The zero-order chi connectivity index (χ0) is 15.2. The molecule has 3 heteroatoms. The normalized spacial score (nSPS) is 18.9. The van der Waals surface area contributed by atoms with E-state index >= 15 is 0 Å². The van der Waals surface area contributed by atoms with Gasteiger partial charge in [0.05, 0.1) is 12.7 Å². The highest BCUT2D eigenvalue weighted by atomic mass is 16.5. The summed E-state index contributed by atoms with van der Waals surface area (Å²) in [5, 5.41) is 9.58. The molecule has 0 aromatic heterocycles. The van der Waals surface area contributed by atoms with Gasteiger partial charge in [0.2, 0.25) is 0 Å². The first-order valence-electron chi connectivity index (χ1n) is 7.95. The largest absolute Gasteiger partial charge is 0.392 e. The van der Waals surface area contributed by atoms with Crippen molar-refractivity contribution in [2.75, 3.05) is 26.2 Å². The Bertz CT molecular complexity index is 519. The van der Waals surface area contributed by atoms with E-state index in [-0.39, 0.29) is 12.2 Å². The average molecular weight is 297 g/mol. The maximum Gasteiger partial charge on any atom is 0.108 e. The molecule has 1 aliphatic rings. The predicted molar refractivity (Wildman–Crippen MR) is 87.7 cm³/mol. The summed E-state index contributed by atoms with van der Waals surface area (Å²) in [4.78, 5) is 2.26. The Labute approximate surface area is 132 Å². The van der Waals surface area contributed by atoms with Crippen LogP contribution in [0.25, 0.3) is 0 Å². The third-order valence-corrected chi connectivity index (χ3v) is 4.14. The molecule has 0 amide bonds. The van der Waals surface area contributed by atoms with E-state index < -0.39 is 0 Å². The standard InChI is InChI=1S/C19H23NO2/c21-18-11-12-20(15-18)13-14-22-19(16-7-3-1-4-8-16)17-9-5-2-6-10-17/h1-10,18-19,21H,11-15H2/t18-/m1/s1. The van der Waals surface area contributed by atoms with Crippen LogP contribution in [0.5, 0.6) is 0 Å². The molecule has 0 aliphatic carbocycles. The molecule has 2 aromatic rings. The topological polar surface area (TPSA) is 32.7 Å². The Morgan fingerprint density at radius 1 is 1.00 bits per heavy atom. The molecule has 1 aliphatic heterocycles. The molecule has 3 rings (SSSR count). The quantitative estimate of drug-likeness (QED) is 0.890. The van der Waals surface area contributed by atoms with Crippen LogP contribution < -0.4 is 0 Å². The third kappa shape index (κ3) is 3.95. The van der Waals surface area contributed by atoms with E-state index in [0.717, 1.165) is 26.1 Å². The van der Waals surface area contributed by atoms with Crippen LogP contribution in [0.1, 0.15) is 23.7 Å². The number of β-amino-alcohol motifs (C(OH)–C–C–N with tert-alkyl or cyclic N) is 1.